The van der Waals surface area contributed by atoms with Crippen LogP contribution in [-0.4, -0.2) is 65.3 Å². The number of ether oxygens (including phenoxy) is 1. The molecule has 188 valence electrons. The first-order chi connectivity index (χ1) is 17.4. The molecular weight excluding hydrogens is 454 g/mol. The molecule has 4 aliphatic rings. The van der Waals surface area contributed by atoms with Crippen molar-refractivity contribution >= 4 is 17.9 Å². The highest BCUT2D eigenvalue weighted by Gasteiger charge is 2.58. The number of likely N-dealkylation sites (N-methyl/N-ethyl adjacent to an activating group) is 1. The van der Waals surface area contributed by atoms with Crippen molar-refractivity contribution in [3.8, 4) is 0 Å². The summed E-state index contributed by atoms with van der Waals surface area (Å²) >= 11 is 0. The molecule has 0 unspecified atom stereocenters. The first-order valence-corrected chi connectivity index (χ1v) is 13.1. The van der Waals surface area contributed by atoms with E-state index in [1.165, 1.54) is 5.56 Å². The third-order valence-electron chi connectivity index (χ3n) is 8.52. The highest BCUT2D eigenvalue weighted by Crippen LogP contribution is 2.46. The second-order valence-electron chi connectivity index (χ2n) is 11.0. The Hall–Kier alpha value is -3.19. The number of hydrogen-bond acceptors (Lipinski definition) is 5. The Bertz CT molecular complexity index is 1200. The van der Waals surface area contributed by atoms with Crippen LogP contribution in [0.25, 0.3) is 0 Å². The molecule has 2 aromatic rings. The second kappa shape index (κ2) is 8.73. The number of rotatable bonds is 7. The van der Waals surface area contributed by atoms with Crippen molar-refractivity contribution in [2.24, 2.45) is 5.92 Å². The van der Waals surface area contributed by atoms with E-state index in [-0.39, 0.29) is 18.5 Å². The lowest BCUT2D eigenvalue weighted by Gasteiger charge is -2.36. The number of benzene rings is 2. The molecule has 1 spiro atoms. The van der Waals surface area contributed by atoms with Gasteiger partial charge in [0.1, 0.15) is 6.54 Å². The summed E-state index contributed by atoms with van der Waals surface area (Å²) in [5, 5.41) is 0. The van der Waals surface area contributed by atoms with Crippen LogP contribution in [-0.2, 0) is 32.9 Å². The Morgan fingerprint density at radius 1 is 1.14 bits per heavy atom. The van der Waals surface area contributed by atoms with Crippen molar-refractivity contribution in [3.05, 3.63) is 70.8 Å². The Kier molecular flexibility index (Phi) is 5.63. The number of imide groups is 1. The molecule has 0 N–H and O–H groups in total. The fraction of sp³-hybridized carbons (Fsp3) is 0.483. The third kappa shape index (κ3) is 3.90. The summed E-state index contributed by atoms with van der Waals surface area (Å²) in [4.78, 5) is 45.3. The van der Waals surface area contributed by atoms with E-state index >= 15 is 0 Å². The second-order valence-corrected chi connectivity index (χ2v) is 11.0. The zero-order chi connectivity index (χ0) is 25.0. The number of fused-ring (bicyclic) bond motifs is 2. The largest absolute Gasteiger partial charge is 0.427 e. The van der Waals surface area contributed by atoms with Crippen molar-refractivity contribution in [2.45, 2.75) is 56.7 Å². The number of aryl methyl sites for hydroxylation is 1. The van der Waals surface area contributed by atoms with Crippen LogP contribution in [0.4, 0.5) is 4.79 Å². The van der Waals surface area contributed by atoms with E-state index in [0.29, 0.717) is 31.2 Å². The number of nitrogens with zero attached hydrogens (tertiary/aromatic N) is 3. The third-order valence-corrected chi connectivity index (χ3v) is 8.52. The van der Waals surface area contributed by atoms with Crippen LogP contribution >= 0.6 is 0 Å². The normalized spacial score (nSPS) is 24.6. The highest BCUT2D eigenvalue weighted by molar-refractivity contribution is 6.06. The summed E-state index contributed by atoms with van der Waals surface area (Å²) in [5.74, 6) is 0.353. The van der Waals surface area contributed by atoms with Crippen LogP contribution in [0.3, 0.4) is 0 Å². The van der Waals surface area contributed by atoms with Gasteiger partial charge in [0.25, 0.3) is 5.91 Å². The minimum absolute atomic E-state index is 0.0524. The fourth-order valence-corrected chi connectivity index (χ4v) is 6.14. The van der Waals surface area contributed by atoms with E-state index < -0.39 is 17.6 Å². The van der Waals surface area contributed by atoms with Gasteiger partial charge in [-0.25, -0.2) is 9.69 Å². The molecule has 0 aromatic heterocycles. The average molecular weight is 488 g/mol. The molecule has 2 atom stereocenters. The standard InChI is InChI=1S/C29H33N3O4/c1-19(21-8-9-21)31(15-20-6-4-3-5-7-20)26(33)18-32-27(34)29(36-28(32)35)13-12-23-14-22(10-11-25(23)29)24-16-30(2)17-24/h3-7,10-11,14,19,21,24H,8-9,12-13,15-18H2,1-2H3/t19-,29+/m0/s1. The molecule has 7 heteroatoms. The Labute approximate surface area is 212 Å². The van der Waals surface area contributed by atoms with E-state index in [1.807, 2.05) is 41.3 Å². The van der Waals surface area contributed by atoms with Crippen molar-refractivity contribution in [1.29, 1.82) is 0 Å². The molecule has 3 amide bonds. The molecule has 0 bridgehead atoms. The molecule has 0 radical (unpaired) electrons. The Morgan fingerprint density at radius 3 is 2.58 bits per heavy atom. The predicted molar refractivity (Wildman–Crippen MR) is 134 cm³/mol. The lowest BCUT2D eigenvalue weighted by molar-refractivity contribution is -0.143. The van der Waals surface area contributed by atoms with Gasteiger partial charge in [0.15, 0.2) is 0 Å². The quantitative estimate of drug-likeness (QED) is 0.596. The topological polar surface area (TPSA) is 70.2 Å². The van der Waals surface area contributed by atoms with Crippen LogP contribution in [0.15, 0.2) is 48.5 Å². The number of carbonyl (C=O) groups excluding carboxylic acids is 3. The van der Waals surface area contributed by atoms with Gasteiger partial charge in [0, 0.05) is 43.6 Å². The van der Waals surface area contributed by atoms with Crippen molar-refractivity contribution in [1.82, 2.24) is 14.7 Å². The molecule has 3 fully saturated rings. The molecule has 6 rings (SSSR count). The summed E-state index contributed by atoms with van der Waals surface area (Å²) in [5.41, 5.74) is 2.86. The Morgan fingerprint density at radius 2 is 1.89 bits per heavy atom. The monoisotopic (exact) mass is 487 g/mol. The minimum Gasteiger partial charge on any atom is -0.427 e. The average Bonchev–Trinajstić information content (AvgIpc) is 3.61. The summed E-state index contributed by atoms with van der Waals surface area (Å²) in [6.45, 7) is 4.31. The number of hydrogen-bond donors (Lipinski definition) is 0. The van der Waals surface area contributed by atoms with Crippen molar-refractivity contribution in [2.75, 3.05) is 26.7 Å². The number of amides is 3. The van der Waals surface area contributed by atoms with E-state index in [1.54, 1.807) is 0 Å². The number of carbonyl (C=O) groups is 3. The maximum Gasteiger partial charge on any atom is 0.418 e. The predicted octanol–water partition coefficient (Wildman–Crippen LogP) is 3.66. The molecule has 7 nitrogen and oxygen atoms in total. The van der Waals surface area contributed by atoms with Gasteiger partial charge < -0.3 is 14.5 Å². The molecule has 2 aliphatic heterocycles. The zero-order valence-electron chi connectivity index (χ0n) is 21.0. The van der Waals surface area contributed by atoms with E-state index in [0.717, 1.165) is 47.5 Å². The maximum absolute atomic E-state index is 13.7. The van der Waals surface area contributed by atoms with Gasteiger partial charge in [-0.2, -0.15) is 0 Å². The first kappa shape index (κ1) is 23.2. The van der Waals surface area contributed by atoms with Gasteiger partial charge in [0.05, 0.1) is 0 Å². The SMILES string of the molecule is C[C@@H](C1CC1)N(Cc1ccccc1)C(=O)CN1C(=O)O[C@@]2(CCc3cc(C4CN(C)C4)ccc32)C1=O. The summed E-state index contributed by atoms with van der Waals surface area (Å²) in [6.07, 6.45) is 2.60. The van der Waals surface area contributed by atoms with Gasteiger partial charge in [-0.05, 0) is 55.8 Å². The van der Waals surface area contributed by atoms with Gasteiger partial charge >= 0.3 is 6.09 Å². The summed E-state index contributed by atoms with van der Waals surface area (Å²) < 4.78 is 5.80. The molecule has 2 aliphatic carbocycles. The van der Waals surface area contributed by atoms with Crippen LogP contribution in [0.2, 0.25) is 0 Å². The molecule has 36 heavy (non-hydrogen) atoms. The van der Waals surface area contributed by atoms with E-state index in [4.69, 9.17) is 4.74 Å². The van der Waals surface area contributed by atoms with E-state index in [2.05, 4.69) is 31.0 Å². The molecule has 2 saturated heterocycles. The maximum atomic E-state index is 13.7. The van der Waals surface area contributed by atoms with Crippen LogP contribution in [0, 0.1) is 5.92 Å². The molecule has 2 heterocycles. The number of likely N-dealkylation sites (tertiary alicyclic amines) is 1. The smallest absolute Gasteiger partial charge is 0.418 e. The van der Waals surface area contributed by atoms with Crippen LogP contribution in [0.5, 0.6) is 0 Å². The van der Waals surface area contributed by atoms with Gasteiger partial charge in [-0.3, -0.25) is 9.59 Å². The van der Waals surface area contributed by atoms with Crippen LogP contribution < -0.4 is 0 Å². The zero-order valence-corrected chi connectivity index (χ0v) is 21.0. The Balaban J connectivity index is 1.21. The van der Waals surface area contributed by atoms with Gasteiger partial charge in [0.2, 0.25) is 11.5 Å². The highest BCUT2D eigenvalue weighted by atomic mass is 16.6. The van der Waals surface area contributed by atoms with Gasteiger partial charge in [-0.15, -0.1) is 0 Å². The molecule has 1 saturated carbocycles. The van der Waals surface area contributed by atoms with E-state index in [9.17, 15) is 14.4 Å². The first-order valence-electron chi connectivity index (χ1n) is 13.1. The summed E-state index contributed by atoms with van der Waals surface area (Å²) in [6, 6.07) is 16.1. The lowest BCUT2D eigenvalue weighted by atomic mass is 9.88. The van der Waals surface area contributed by atoms with Crippen molar-refractivity contribution < 1.29 is 19.1 Å². The van der Waals surface area contributed by atoms with Crippen molar-refractivity contribution in [3.63, 3.8) is 0 Å². The molecule has 2 aromatic carbocycles. The lowest BCUT2D eigenvalue weighted by Crippen LogP contribution is -2.47. The van der Waals surface area contributed by atoms with Crippen LogP contribution in [0.1, 0.15) is 54.4 Å². The van der Waals surface area contributed by atoms with Gasteiger partial charge in [-0.1, -0.05) is 48.5 Å². The summed E-state index contributed by atoms with van der Waals surface area (Å²) in [7, 11) is 2.11. The fourth-order valence-electron chi connectivity index (χ4n) is 6.14. The molecular formula is C29H33N3O4. The minimum atomic E-state index is -1.30.